The third-order valence-corrected chi connectivity index (χ3v) is 3.20. The monoisotopic (exact) mass is 372 g/mol. The molecule has 0 aliphatic rings. The van der Waals surface area contributed by atoms with Crippen LogP contribution in [0.25, 0.3) is 11.4 Å². The molecule has 2 N–H and O–H groups in total. The van der Waals surface area contributed by atoms with Crippen molar-refractivity contribution in [2.24, 2.45) is 0 Å². The molecule has 1 heterocycles. The molecule has 0 spiro atoms. The second-order valence-electron chi connectivity index (χ2n) is 5.15. The molecule has 0 aliphatic carbocycles. The smallest absolute Gasteiger partial charge is 0.383 e. The Morgan fingerprint density at radius 2 is 2.00 bits per heavy atom. The predicted molar refractivity (Wildman–Crippen MR) is 83.0 cm³/mol. The zero-order valence-electron chi connectivity index (χ0n) is 13.8. The van der Waals surface area contributed by atoms with Crippen molar-refractivity contribution >= 4 is 17.5 Å². The standard InChI is InChI=1S/C15H15F3N4O4/c1-8-7-9(11-21-14(26-22-11)15(16,17)18)3-4-10(8)20-13(24)12(23)19-5-6-25-2/h3-4,7H,5-6H2,1-2H3,(H,19,23)(H,20,24). The van der Waals surface area contributed by atoms with Gasteiger partial charge in [0.1, 0.15) is 0 Å². The number of rotatable bonds is 5. The van der Waals surface area contributed by atoms with E-state index in [1.165, 1.54) is 25.3 Å². The topological polar surface area (TPSA) is 106 Å². The van der Waals surface area contributed by atoms with Crippen LogP contribution < -0.4 is 10.6 Å². The number of benzene rings is 1. The number of carbonyl (C=O) groups excluding carboxylic acids is 2. The van der Waals surface area contributed by atoms with Gasteiger partial charge in [-0.3, -0.25) is 9.59 Å². The first-order valence-corrected chi connectivity index (χ1v) is 7.32. The molecule has 1 aromatic heterocycles. The van der Waals surface area contributed by atoms with Crippen LogP contribution in [0.5, 0.6) is 0 Å². The van der Waals surface area contributed by atoms with Crippen LogP contribution in [0.15, 0.2) is 22.7 Å². The van der Waals surface area contributed by atoms with Crippen LogP contribution in [-0.4, -0.2) is 42.2 Å². The molecule has 0 atom stereocenters. The van der Waals surface area contributed by atoms with Crippen molar-refractivity contribution in [3.63, 3.8) is 0 Å². The molecule has 2 aromatic rings. The number of anilines is 1. The first kappa shape index (κ1) is 19.4. The molecule has 0 saturated heterocycles. The number of halogens is 3. The third-order valence-electron chi connectivity index (χ3n) is 3.20. The van der Waals surface area contributed by atoms with Crippen molar-refractivity contribution in [1.29, 1.82) is 0 Å². The highest BCUT2D eigenvalue weighted by molar-refractivity contribution is 6.39. The van der Waals surface area contributed by atoms with Crippen LogP contribution in [-0.2, 0) is 20.5 Å². The predicted octanol–water partition coefficient (Wildman–Crippen LogP) is 1.76. The minimum Gasteiger partial charge on any atom is -0.383 e. The fourth-order valence-electron chi connectivity index (χ4n) is 1.92. The highest BCUT2D eigenvalue weighted by Crippen LogP contribution is 2.30. The Balaban J connectivity index is 2.08. The molecule has 140 valence electrons. The highest BCUT2D eigenvalue weighted by atomic mass is 19.4. The van der Waals surface area contributed by atoms with Gasteiger partial charge in [0.15, 0.2) is 0 Å². The zero-order chi connectivity index (χ0) is 19.3. The molecule has 26 heavy (non-hydrogen) atoms. The summed E-state index contributed by atoms with van der Waals surface area (Å²) in [6.45, 7) is 2.05. The van der Waals surface area contributed by atoms with Gasteiger partial charge < -0.3 is 19.9 Å². The van der Waals surface area contributed by atoms with E-state index in [0.29, 0.717) is 11.3 Å². The van der Waals surface area contributed by atoms with Crippen molar-refractivity contribution in [3.05, 3.63) is 29.7 Å². The lowest BCUT2D eigenvalue weighted by atomic mass is 10.1. The number of methoxy groups -OCH3 is 1. The Kier molecular flexibility index (Phi) is 5.93. The van der Waals surface area contributed by atoms with Gasteiger partial charge in [0.25, 0.3) is 0 Å². The minimum absolute atomic E-state index is 0.181. The van der Waals surface area contributed by atoms with Crippen LogP contribution in [0, 0.1) is 6.92 Å². The van der Waals surface area contributed by atoms with E-state index in [2.05, 4.69) is 25.3 Å². The number of aromatic nitrogens is 2. The minimum atomic E-state index is -4.73. The number of carbonyl (C=O) groups is 2. The van der Waals surface area contributed by atoms with E-state index in [-0.39, 0.29) is 24.5 Å². The van der Waals surface area contributed by atoms with Gasteiger partial charge in [-0.2, -0.15) is 18.2 Å². The Morgan fingerprint density at radius 3 is 2.58 bits per heavy atom. The van der Waals surface area contributed by atoms with Gasteiger partial charge in [-0.15, -0.1) is 0 Å². The zero-order valence-corrected chi connectivity index (χ0v) is 13.8. The quantitative estimate of drug-likeness (QED) is 0.612. The second kappa shape index (κ2) is 7.95. The second-order valence-corrected chi connectivity index (χ2v) is 5.15. The van der Waals surface area contributed by atoms with Gasteiger partial charge >= 0.3 is 23.9 Å². The summed E-state index contributed by atoms with van der Waals surface area (Å²) < 4.78 is 46.4. The van der Waals surface area contributed by atoms with E-state index >= 15 is 0 Å². The van der Waals surface area contributed by atoms with Crippen molar-refractivity contribution in [2.45, 2.75) is 13.1 Å². The van der Waals surface area contributed by atoms with Crippen molar-refractivity contribution in [2.75, 3.05) is 25.6 Å². The number of ether oxygens (including phenoxy) is 1. The summed E-state index contributed by atoms with van der Waals surface area (Å²) in [5.74, 6) is -3.40. The van der Waals surface area contributed by atoms with Gasteiger partial charge in [0.2, 0.25) is 5.82 Å². The Labute approximate surface area is 145 Å². The van der Waals surface area contributed by atoms with Crippen LogP contribution in [0.1, 0.15) is 11.5 Å². The lowest BCUT2D eigenvalue weighted by molar-refractivity contribution is -0.159. The summed E-state index contributed by atoms with van der Waals surface area (Å²) in [7, 11) is 1.46. The number of nitrogens with zero attached hydrogens (tertiary/aromatic N) is 2. The van der Waals surface area contributed by atoms with Gasteiger partial charge in [-0.1, -0.05) is 5.16 Å². The average Bonchev–Trinajstić information content (AvgIpc) is 3.07. The fraction of sp³-hybridized carbons (Fsp3) is 0.333. The summed E-state index contributed by atoms with van der Waals surface area (Å²) >= 11 is 0. The molecule has 0 radical (unpaired) electrons. The Hall–Kier alpha value is -2.95. The summed E-state index contributed by atoms with van der Waals surface area (Å²) in [4.78, 5) is 26.7. The number of hydrogen-bond acceptors (Lipinski definition) is 6. The third kappa shape index (κ3) is 4.79. The molecule has 1 aromatic carbocycles. The lowest BCUT2D eigenvalue weighted by Crippen LogP contribution is -2.37. The molecule has 0 saturated carbocycles. The summed E-state index contributed by atoms with van der Waals surface area (Å²) in [6.07, 6.45) is -4.73. The lowest BCUT2D eigenvalue weighted by Gasteiger charge is -2.09. The SMILES string of the molecule is COCCNC(=O)C(=O)Nc1ccc(-c2noc(C(F)(F)F)n2)cc1C. The van der Waals surface area contributed by atoms with Crippen molar-refractivity contribution in [1.82, 2.24) is 15.5 Å². The Bertz CT molecular complexity index is 804. The van der Waals surface area contributed by atoms with Gasteiger partial charge in [0.05, 0.1) is 6.61 Å². The molecule has 0 aliphatic heterocycles. The maximum atomic E-state index is 12.5. The number of aryl methyl sites for hydroxylation is 1. The van der Waals surface area contributed by atoms with E-state index in [9.17, 15) is 22.8 Å². The van der Waals surface area contributed by atoms with E-state index in [1.54, 1.807) is 6.92 Å². The molecule has 0 bridgehead atoms. The maximum absolute atomic E-state index is 12.5. The van der Waals surface area contributed by atoms with E-state index < -0.39 is 23.9 Å². The molecule has 0 fully saturated rings. The van der Waals surface area contributed by atoms with Crippen molar-refractivity contribution in [3.8, 4) is 11.4 Å². The average molecular weight is 372 g/mol. The number of hydrogen-bond donors (Lipinski definition) is 2. The maximum Gasteiger partial charge on any atom is 0.471 e. The molecule has 8 nitrogen and oxygen atoms in total. The highest BCUT2D eigenvalue weighted by Gasteiger charge is 2.38. The van der Waals surface area contributed by atoms with Gasteiger partial charge in [-0.05, 0) is 30.7 Å². The Morgan fingerprint density at radius 1 is 1.27 bits per heavy atom. The van der Waals surface area contributed by atoms with Crippen LogP contribution in [0.2, 0.25) is 0 Å². The molecule has 2 rings (SSSR count). The molecule has 11 heteroatoms. The largest absolute Gasteiger partial charge is 0.471 e. The molecule has 0 unspecified atom stereocenters. The van der Waals surface area contributed by atoms with E-state index in [4.69, 9.17) is 4.74 Å². The van der Waals surface area contributed by atoms with Crippen molar-refractivity contribution < 1.29 is 32.0 Å². The fourth-order valence-corrected chi connectivity index (χ4v) is 1.92. The van der Waals surface area contributed by atoms with Gasteiger partial charge in [-0.25, -0.2) is 0 Å². The van der Waals surface area contributed by atoms with E-state index in [1.807, 2.05) is 0 Å². The number of alkyl halides is 3. The number of amides is 2. The first-order chi connectivity index (χ1) is 12.2. The summed E-state index contributed by atoms with van der Waals surface area (Å²) in [5.41, 5.74) is 1.09. The van der Waals surface area contributed by atoms with Crippen LogP contribution >= 0.6 is 0 Å². The summed E-state index contributed by atoms with van der Waals surface area (Å²) in [5, 5.41) is 8.06. The molecular weight excluding hydrogens is 357 g/mol. The molecule has 2 amide bonds. The van der Waals surface area contributed by atoms with Crippen LogP contribution in [0.3, 0.4) is 0 Å². The molecular formula is C15H15F3N4O4. The first-order valence-electron chi connectivity index (χ1n) is 7.32. The van der Waals surface area contributed by atoms with Crippen LogP contribution in [0.4, 0.5) is 18.9 Å². The summed E-state index contributed by atoms with van der Waals surface area (Å²) in [6, 6.07) is 4.29. The van der Waals surface area contributed by atoms with Gasteiger partial charge in [0, 0.05) is 24.9 Å². The van der Waals surface area contributed by atoms with E-state index in [0.717, 1.165) is 0 Å². The number of nitrogens with one attached hydrogen (secondary N) is 2. The normalized spacial score (nSPS) is 11.3.